The molecule has 0 saturated heterocycles. The molecule has 4 N–H and O–H groups in total. The number of unbranched alkanes of at least 4 members (excludes halogenated alkanes) is 7. The Bertz CT molecular complexity index is 1090. The Hall–Kier alpha value is -3.28. The third-order valence-electron chi connectivity index (χ3n) is 7.59. The summed E-state index contributed by atoms with van der Waals surface area (Å²) in [5.41, 5.74) is 0.667. The molecule has 0 aromatic heterocycles. The van der Waals surface area contributed by atoms with Crippen molar-refractivity contribution in [3.05, 3.63) is 34.3 Å². The Morgan fingerprint density at radius 3 is 2.07 bits per heavy atom. The third kappa shape index (κ3) is 21.5. The Balaban J connectivity index is 2.02. The average molecular weight is 709 g/mol. The number of ketones is 2. The summed E-state index contributed by atoms with van der Waals surface area (Å²) in [6.45, 7) is 2.51. The zero-order chi connectivity index (χ0) is 34.2. The van der Waals surface area contributed by atoms with E-state index in [0.29, 0.717) is 69.9 Å². The highest BCUT2D eigenvalue weighted by Gasteiger charge is 2.20. The van der Waals surface area contributed by atoms with Crippen LogP contribution < -0.4 is 10.6 Å². The summed E-state index contributed by atoms with van der Waals surface area (Å²) >= 11 is 3.35. The van der Waals surface area contributed by atoms with Crippen LogP contribution >= 0.6 is 15.9 Å². The van der Waals surface area contributed by atoms with Crippen molar-refractivity contribution < 1.29 is 43.7 Å². The molecule has 46 heavy (non-hydrogen) atoms. The molecule has 0 radical (unpaired) electrons. The van der Waals surface area contributed by atoms with Gasteiger partial charge in [-0.15, -0.1) is 0 Å². The van der Waals surface area contributed by atoms with E-state index in [-0.39, 0.29) is 43.0 Å². The summed E-state index contributed by atoms with van der Waals surface area (Å²) in [7, 11) is 0. The maximum absolute atomic E-state index is 12.4. The number of alkyl carbamates (subject to hydrolysis) is 1. The number of benzene rings is 1. The van der Waals surface area contributed by atoms with Crippen molar-refractivity contribution >= 4 is 51.4 Å². The van der Waals surface area contributed by atoms with Crippen LogP contribution in [-0.2, 0) is 23.9 Å². The van der Waals surface area contributed by atoms with Crippen molar-refractivity contribution in [2.75, 3.05) is 13.2 Å². The quantitative estimate of drug-likeness (QED) is 0.0563. The van der Waals surface area contributed by atoms with Crippen molar-refractivity contribution in [2.45, 2.75) is 122 Å². The first-order chi connectivity index (χ1) is 22.0. The Labute approximate surface area is 280 Å². The number of nitrogens with one attached hydrogen (secondary N) is 2. The van der Waals surface area contributed by atoms with Crippen molar-refractivity contribution in [1.29, 1.82) is 0 Å². The van der Waals surface area contributed by atoms with Crippen LogP contribution in [0.2, 0.25) is 0 Å². The molecule has 258 valence electrons. The molecule has 0 aliphatic heterocycles. The Morgan fingerprint density at radius 1 is 0.761 bits per heavy atom. The lowest BCUT2D eigenvalue weighted by molar-refractivity contribution is -0.144. The van der Waals surface area contributed by atoms with E-state index in [2.05, 4.69) is 26.6 Å². The van der Waals surface area contributed by atoms with E-state index in [1.54, 1.807) is 19.1 Å². The maximum atomic E-state index is 12.4. The monoisotopic (exact) mass is 708 g/mol. The molecule has 1 aromatic rings. The number of rotatable bonds is 27. The number of carbonyl (C=O) groups is 6. The fourth-order valence-electron chi connectivity index (χ4n) is 4.82. The second kappa shape index (κ2) is 24.9. The van der Waals surface area contributed by atoms with Crippen LogP contribution in [0.4, 0.5) is 4.79 Å². The molecular weight excluding hydrogens is 657 g/mol. The lowest BCUT2D eigenvalue weighted by atomic mass is 9.93. The number of hydrogen-bond donors (Lipinski definition) is 4. The van der Waals surface area contributed by atoms with Gasteiger partial charge in [0, 0.05) is 54.7 Å². The van der Waals surface area contributed by atoms with Crippen LogP contribution in [0.25, 0.3) is 0 Å². The smallest absolute Gasteiger partial charge is 0.407 e. The molecule has 11 nitrogen and oxygen atoms in total. The zero-order valence-electron chi connectivity index (χ0n) is 27.0. The fourth-order valence-corrected chi connectivity index (χ4v) is 5.09. The summed E-state index contributed by atoms with van der Waals surface area (Å²) < 4.78 is 5.99. The van der Waals surface area contributed by atoms with Crippen LogP contribution in [0.3, 0.4) is 0 Å². The topological polar surface area (TPSA) is 176 Å². The van der Waals surface area contributed by atoms with Crippen molar-refractivity contribution in [3.63, 3.8) is 0 Å². The Kier molecular flexibility index (Phi) is 22.0. The SMILES string of the molecule is C[C@H](CCC(=O)O)NC(=O)OCCCCCNC(=O)CCCCCCC(=O)CC(CCCCCC(=O)c1ccc([77Br])cc1)C(=O)O. The van der Waals surface area contributed by atoms with Crippen LogP contribution in [-0.4, -0.2) is 64.9 Å². The molecular formula is C34H51BrN2O9. The summed E-state index contributed by atoms with van der Waals surface area (Å²) in [5, 5.41) is 23.7. The predicted octanol–water partition coefficient (Wildman–Crippen LogP) is 6.85. The number of hydrogen-bond acceptors (Lipinski definition) is 7. The van der Waals surface area contributed by atoms with Crippen molar-refractivity contribution in [1.82, 2.24) is 10.6 Å². The van der Waals surface area contributed by atoms with E-state index >= 15 is 0 Å². The standard InChI is InChI=1S/C34H51BrN2O9/c1-25(16-21-32(41)42)37-34(45)46-23-11-5-10-22-36-31(40)15-9-3-2-7-13-29(38)24-27(33(43)44)12-6-4-8-14-30(39)26-17-19-28(35)20-18-26/h17-20,25,27H,2-16,21-24H2,1H3,(H,36,40)(H,37,45)(H,41,42)(H,43,44)/t25-,27?/m1/s1/i35-3. The van der Waals surface area contributed by atoms with Gasteiger partial charge in [-0.05, 0) is 70.4 Å². The molecule has 0 saturated carbocycles. The number of Topliss-reactive ketones (excluding diaryl/α,β-unsaturated/α-hetero) is 2. The third-order valence-corrected chi connectivity index (χ3v) is 8.12. The van der Waals surface area contributed by atoms with Gasteiger partial charge in [0.1, 0.15) is 5.78 Å². The molecule has 1 unspecified atom stereocenters. The minimum atomic E-state index is -0.956. The van der Waals surface area contributed by atoms with Gasteiger partial charge in [-0.25, -0.2) is 4.79 Å². The molecule has 2 atom stereocenters. The molecule has 0 spiro atoms. The van der Waals surface area contributed by atoms with Crippen LogP contribution in [0.1, 0.15) is 126 Å². The van der Waals surface area contributed by atoms with E-state index in [4.69, 9.17) is 9.84 Å². The molecule has 1 rings (SSSR count). The number of carboxylic acids is 2. The van der Waals surface area contributed by atoms with Gasteiger partial charge in [0.05, 0.1) is 12.5 Å². The number of carboxylic acid groups (broad SMARTS) is 2. The molecule has 0 fully saturated rings. The highest BCUT2D eigenvalue weighted by molar-refractivity contribution is 9.10. The molecule has 2 amide bonds. The average Bonchev–Trinajstić information content (AvgIpc) is 3.00. The van der Waals surface area contributed by atoms with Gasteiger partial charge in [-0.1, -0.05) is 53.7 Å². The van der Waals surface area contributed by atoms with Gasteiger partial charge in [0.25, 0.3) is 0 Å². The summed E-state index contributed by atoms with van der Waals surface area (Å²) in [4.78, 5) is 70.5. The molecule has 12 heteroatoms. The second-order valence-corrected chi connectivity index (χ2v) is 12.7. The summed E-state index contributed by atoms with van der Waals surface area (Å²) in [6, 6.07) is 6.94. The van der Waals surface area contributed by atoms with E-state index in [1.165, 1.54) is 0 Å². The van der Waals surface area contributed by atoms with Gasteiger partial charge in [-0.3, -0.25) is 24.0 Å². The van der Waals surface area contributed by atoms with Crippen LogP contribution in [0.15, 0.2) is 28.7 Å². The van der Waals surface area contributed by atoms with Crippen molar-refractivity contribution in [3.8, 4) is 0 Å². The normalized spacial score (nSPS) is 12.1. The highest BCUT2D eigenvalue weighted by Crippen LogP contribution is 2.19. The first-order valence-corrected chi connectivity index (χ1v) is 17.2. The minimum Gasteiger partial charge on any atom is -0.481 e. The van der Waals surface area contributed by atoms with Gasteiger partial charge in [-0.2, -0.15) is 0 Å². The number of halogens is 1. The highest BCUT2D eigenvalue weighted by atomic mass is 76.9. The molecule has 0 aliphatic rings. The van der Waals surface area contributed by atoms with Gasteiger partial charge in [0.2, 0.25) is 5.91 Å². The van der Waals surface area contributed by atoms with Crippen LogP contribution in [0.5, 0.6) is 0 Å². The number of aliphatic carboxylic acids is 2. The molecule has 0 heterocycles. The van der Waals surface area contributed by atoms with E-state index in [1.807, 2.05) is 12.1 Å². The van der Waals surface area contributed by atoms with Gasteiger partial charge < -0.3 is 25.6 Å². The first-order valence-electron chi connectivity index (χ1n) is 16.4. The number of carbonyl (C=O) groups excluding carboxylic acids is 4. The van der Waals surface area contributed by atoms with E-state index in [9.17, 15) is 33.9 Å². The second-order valence-electron chi connectivity index (χ2n) is 11.7. The lowest BCUT2D eigenvalue weighted by Crippen LogP contribution is -2.33. The predicted molar refractivity (Wildman–Crippen MR) is 178 cm³/mol. The molecule has 1 aromatic carbocycles. The fraction of sp³-hybridized carbons (Fsp3) is 0.647. The van der Waals surface area contributed by atoms with Crippen LogP contribution in [0, 0.1) is 5.92 Å². The van der Waals surface area contributed by atoms with Crippen molar-refractivity contribution in [2.24, 2.45) is 5.92 Å². The summed E-state index contributed by atoms with van der Waals surface area (Å²) in [5.74, 6) is -2.57. The van der Waals surface area contributed by atoms with Gasteiger partial charge in [0.15, 0.2) is 5.78 Å². The Morgan fingerprint density at radius 2 is 1.39 bits per heavy atom. The minimum absolute atomic E-state index is 0.0196. The summed E-state index contributed by atoms with van der Waals surface area (Å²) in [6.07, 6.45) is 8.67. The largest absolute Gasteiger partial charge is 0.481 e. The molecule has 0 bridgehead atoms. The zero-order valence-corrected chi connectivity index (χ0v) is 28.6. The lowest BCUT2D eigenvalue weighted by Gasteiger charge is -2.12. The first kappa shape index (κ1) is 40.7. The molecule has 0 aliphatic carbocycles. The van der Waals surface area contributed by atoms with E-state index in [0.717, 1.165) is 43.0 Å². The number of amides is 2. The number of ether oxygens (including phenoxy) is 1. The van der Waals surface area contributed by atoms with E-state index < -0.39 is 23.9 Å². The maximum Gasteiger partial charge on any atom is 0.407 e. The van der Waals surface area contributed by atoms with Gasteiger partial charge >= 0.3 is 18.0 Å².